The van der Waals surface area contributed by atoms with Gasteiger partial charge in [-0.05, 0) is 26.3 Å². The lowest BCUT2D eigenvalue weighted by atomic mass is 10.1. The molecular weight excluding hydrogens is 172 g/mol. The first-order valence-electron chi connectivity index (χ1n) is 6.23. The lowest BCUT2D eigenvalue weighted by molar-refractivity contribution is 0.212. The molecule has 0 bridgehead atoms. The van der Waals surface area contributed by atoms with Crippen molar-refractivity contribution in [2.75, 3.05) is 20.1 Å². The molecule has 1 aliphatic heterocycles. The molecule has 84 valence electrons. The number of nitrogens with zero attached hydrogens (tertiary/aromatic N) is 1. The molecule has 0 spiro atoms. The number of hydrogen-bond acceptors (Lipinski definition) is 2. The molecule has 0 aliphatic carbocycles. The summed E-state index contributed by atoms with van der Waals surface area (Å²) < 4.78 is 0. The van der Waals surface area contributed by atoms with Crippen LogP contribution in [0.4, 0.5) is 0 Å². The molecule has 0 amide bonds. The summed E-state index contributed by atoms with van der Waals surface area (Å²) in [7, 11) is 2.09. The van der Waals surface area contributed by atoms with E-state index < -0.39 is 0 Å². The van der Waals surface area contributed by atoms with E-state index in [1.807, 2.05) is 0 Å². The summed E-state index contributed by atoms with van der Waals surface area (Å²) in [6.07, 6.45) is 6.74. The van der Waals surface area contributed by atoms with E-state index in [1.54, 1.807) is 0 Å². The van der Waals surface area contributed by atoms with Crippen LogP contribution in [0, 0.1) is 0 Å². The maximum atomic E-state index is 3.39. The van der Waals surface area contributed by atoms with Crippen LogP contribution in [0.2, 0.25) is 0 Å². The molecule has 0 aromatic rings. The molecule has 2 nitrogen and oxygen atoms in total. The van der Waals surface area contributed by atoms with Crippen molar-refractivity contribution in [3.05, 3.63) is 0 Å². The molecule has 1 fully saturated rings. The Hall–Kier alpha value is -0.0800. The van der Waals surface area contributed by atoms with Gasteiger partial charge in [0, 0.05) is 25.2 Å². The molecule has 1 aliphatic rings. The van der Waals surface area contributed by atoms with Gasteiger partial charge in [0.25, 0.3) is 0 Å². The third kappa shape index (κ3) is 3.25. The number of likely N-dealkylation sites (tertiary alicyclic amines) is 1. The molecular formula is C12H26N2. The highest BCUT2D eigenvalue weighted by atomic mass is 15.2. The van der Waals surface area contributed by atoms with Crippen LogP contribution in [0.25, 0.3) is 0 Å². The van der Waals surface area contributed by atoms with Gasteiger partial charge in [0.05, 0.1) is 0 Å². The zero-order chi connectivity index (χ0) is 10.4. The maximum absolute atomic E-state index is 3.39. The quantitative estimate of drug-likeness (QED) is 0.704. The summed E-state index contributed by atoms with van der Waals surface area (Å²) in [6, 6.07) is 1.59. The Morgan fingerprint density at radius 2 is 1.93 bits per heavy atom. The zero-order valence-corrected chi connectivity index (χ0v) is 10.1. The number of hydrogen-bond donors (Lipinski definition) is 1. The summed E-state index contributed by atoms with van der Waals surface area (Å²) >= 11 is 0. The number of likely N-dealkylation sites (N-methyl/N-ethyl adjacent to an activating group) is 1. The summed E-state index contributed by atoms with van der Waals surface area (Å²) in [4.78, 5) is 2.69. The lowest BCUT2D eigenvalue weighted by Gasteiger charge is -2.27. The van der Waals surface area contributed by atoms with Crippen LogP contribution in [-0.2, 0) is 0 Å². The van der Waals surface area contributed by atoms with Crippen molar-refractivity contribution >= 4 is 0 Å². The molecule has 2 heteroatoms. The minimum atomic E-state index is 0.742. The Morgan fingerprint density at radius 3 is 2.36 bits per heavy atom. The maximum Gasteiger partial charge on any atom is 0.0204 e. The van der Waals surface area contributed by atoms with Crippen LogP contribution in [-0.4, -0.2) is 37.1 Å². The normalized spacial score (nSPS) is 23.6. The summed E-state index contributed by atoms with van der Waals surface area (Å²) in [5.74, 6) is 0. The van der Waals surface area contributed by atoms with E-state index in [1.165, 1.54) is 45.2 Å². The second-order valence-corrected chi connectivity index (χ2v) is 4.50. The van der Waals surface area contributed by atoms with E-state index in [4.69, 9.17) is 0 Å². The van der Waals surface area contributed by atoms with Crippen molar-refractivity contribution in [1.82, 2.24) is 10.2 Å². The Morgan fingerprint density at radius 1 is 1.29 bits per heavy atom. The van der Waals surface area contributed by atoms with Crippen molar-refractivity contribution in [3.63, 3.8) is 0 Å². The topological polar surface area (TPSA) is 15.3 Å². The van der Waals surface area contributed by atoms with Crippen LogP contribution in [0.15, 0.2) is 0 Å². The van der Waals surface area contributed by atoms with E-state index in [0.29, 0.717) is 0 Å². The smallest absolute Gasteiger partial charge is 0.0204 e. The Balaban J connectivity index is 2.36. The monoisotopic (exact) mass is 198 g/mol. The Kier molecular flexibility index (Phi) is 5.49. The fourth-order valence-electron chi connectivity index (χ4n) is 2.53. The van der Waals surface area contributed by atoms with Crippen LogP contribution in [0.5, 0.6) is 0 Å². The largest absolute Gasteiger partial charge is 0.316 e. The van der Waals surface area contributed by atoms with E-state index >= 15 is 0 Å². The predicted molar refractivity (Wildman–Crippen MR) is 62.6 cm³/mol. The van der Waals surface area contributed by atoms with Gasteiger partial charge in [0.15, 0.2) is 0 Å². The van der Waals surface area contributed by atoms with E-state index in [2.05, 4.69) is 31.1 Å². The van der Waals surface area contributed by atoms with Gasteiger partial charge >= 0.3 is 0 Å². The third-order valence-corrected chi connectivity index (χ3v) is 3.39. The van der Waals surface area contributed by atoms with Crippen molar-refractivity contribution in [2.24, 2.45) is 0 Å². The van der Waals surface area contributed by atoms with Crippen molar-refractivity contribution in [1.29, 1.82) is 0 Å². The third-order valence-electron chi connectivity index (χ3n) is 3.39. The zero-order valence-electron chi connectivity index (χ0n) is 10.1. The average molecular weight is 198 g/mol. The van der Waals surface area contributed by atoms with Crippen LogP contribution in [0.1, 0.15) is 46.0 Å². The number of rotatable bonds is 6. The minimum absolute atomic E-state index is 0.742. The van der Waals surface area contributed by atoms with Gasteiger partial charge in [-0.2, -0.15) is 0 Å². The molecule has 1 heterocycles. The molecule has 1 rings (SSSR count). The molecule has 0 radical (unpaired) electrons. The van der Waals surface area contributed by atoms with Gasteiger partial charge in [-0.15, -0.1) is 0 Å². The second-order valence-electron chi connectivity index (χ2n) is 4.50. The average Bonchev–Trinajstić information content (AvgIpc) is 2.65. The van der Waals surface area contributed by atoms with Gasteiger partial charge in [-0.3, -0.25) is 4.90 Å². The van der Waals surface area contributed by atoms with E-state index in [-0.39, 0.29) is 0 Å². The van der Waals surface area contributed by atoms with E-state index in [0.717, 1.165) is 12.1 Å². The van der Waals surface area contributed by atoms with Gasteiger partial charge in [-0.1, -0.05) is 26.7 Å². The predicted octanol–water partition coefficient (Wildman–Crippen LogP) is 2.25. The van der Waals surface area contributed by atoms with Crippen molar-refractivity contribution < 1.29 is 0 Å². The van der Waals surface area contributed by atoms with Crippen LogP contribution < -0.4 is 5.32 Å². The van der Waals surface area contributed by atoms with Crippen LogP contribution in [0.3, 0.4) is 0 Å². The molecule has 14 heavy (non-hydrogen) atoms. The van der Waals surface area contributed by atoms with Crippen molar-refractivity contribution in [2.45, 2.75) is 58.0 Å². The fraction of sp³-hybridized carbons (Fsp3) is 1.00. The van der Waals surface area contributed by atoms with Crippen molar-refractivity contribution in [3.8, 4) is 0 Å². The SMILES string of the molecule is CCCC(CCC)N1CCC(NC)C1. The summed E-state index contributed by atoms with van der Waals surface area (Å²) in [5.41, 5.74) is 0. The summed E-state index contributed by atoms with van der Waals surface area (Å²) in [6.45, 7) is 7.17. The first-order valence-corrected chi connectivity index (χ1v) is 6.23. The molecule has 1 N–H and O–H groups in total. The molecule has 1 unspecified atom stereocenters. The van der Waals surface area contributed by atoms with Gasteiger partial charge < -0.3 is 5.32 Å². The van der Waals surface area contributed by atoms with E-state index in [9.17, 15) is 0 Å². The molecule has 1 atom stereocenters. The standard InChI is InChI=1S/C12H26N2/c1-4-6-12(7-5-2)14-9-8-11(10-14)13-3/h11-13H,4-10H2,1-3H3. The van der Waals surface area contributed by atoms with Crippen LogP contribution >= 0.6 is 0 Å². The minimum Gasteiger partial charge on any atom is -0.316 e. The van der Waals surface area contributed by atoms with Gasteiger partial charge in [0.1, 0.15) is 0 Å². The number of nitrogens with one attached hydrogen (secondary N) is 1. The first kappa shape index (κ1) is 12.0. The lowest BCUT2D eigenvalue weighted by Crippen LogP contribution is -2.36. The Labute approximate surface area is 89.1 Å². The molecule has 1 saturated heterocycles. The second kappa shape index (κ2) is 6.41. The Bertz CT molecular complexity index is 141. The molecule has 0 saturated carbocycles. The van der Waals surface area contributed by atoms with Gasteiger partial charge in [-0.25, -0.2) is 0 Å². The summed E-state index contributed by atoms with van der Waals surface area (Å²) in [5, 5.41) is 3.39. The molecule has 0 aromatic heterocycles. The fourth-order valence-corrected chi connectivity index (χ4v) is 2.53. The van der Waals surface area contributed by atoms with Gasteiger partial charge in [0.2, 0.25) is 0 Å². The highest BCUT2D eigenvalue weighted by Gasteiger charge is 2.25. The highest BCUT2D eigenvalue weighted by molar-refractivity contribution is 4.84. The molecule has 0 aromatic carbocycles. The highest BCUT2D eigenvalue weighted by Crippen LogP contribution is 2.19. The first-order chi connectivity index (χ1) is 6.81.